The zero-order chi connectivity index (χ0) is 38.9. The quantitative estimate of drug-likeness (QED) is 0.166. The highest BCUT2D eigenvalue weighted by Gasteiger charge is 2.20. The third kappa shape index (κ3) is 5.41. The van der Waals surface area contributed by atoms with E-state index in [4.69, 9.17) is 4.98 Å². The number of hydrogen-bond donors (Lipinski definition) is 0. The lowest BCUT2D eigenvalue weighted by Crippen LogP contribution is -2.00. The van der Waals surface area contributed by atoms with Gasteiger partial charge in [-0.2, -0.15) is 0 Å². The second-order valence-corrected chi connectivity index (χ2v) is 15.5. The van der Waals surface area contributed by atoms with Gasteiger partial charge < -0.3 is 9.13 Å². The minimum absolute atomic E-state index is 0.940. The van der Waals surface area contributed by atoms with Crippen molar-refractivity contribution >= 4 is 60.3 Å². The highest BCUT2D eigenvalue weighted by atomic mass is 15.1. The molecule has 11 aromatic rings. The summed E-state index contributed by atoms with van der Waals surface area (Å²) in [5, 5.41) is 4.94. The maximum atomic E-state index is 5.36. The van der Waals surface area contributed by atoms with Gasteiger partial charge in [-0.3, -0.25) is 4.57 Å². The summed E-state index contributed by atoms with van der Waals surface area (Å²) in [5.74, 6) is 0.940. The van der Waals surface area contributed by atoms with Gasteiger partial charge in [0.25, 0.3) is 0 Å². The van der Waals surface area contributed by atoms with Crippen LogP contribution < -0.4 is 0 Å². The summed E-state index contributed by atoms with van der Waals surface area (Å²) in [6.45, 7) is 0. The molecule has 278 valence electrons. The van der Waals surface area contributed by atoms with Gasteiger partial charge in [-0.05, 0) is 132 Å². The topological polar surface area (TPSA) is 27.7 Å². The smallest absolute Gasteiger partial charge is 0.145 e. The lowest BCUT2D eigenvalue weighted by molar-refractivity contribution is 1.01. The van der Waals surface area contributed by atoms with Crippen molar-refractivity contribution in [3.63, 3.8) is 0 Å². The zero-order valence-electron chi connectivity index (χ0n) is 32.3. The molecule has 0 fully saturated rings. The Kier molecular flexibility index (Phi) is 7.63. The first-order valence-corrected chi connectivity index (χ1v) is 20.4. The van der Waals surface area contributed by atoms with Crippen LogP contribution in [0.2, 0.25) is 0 Å². The van der Waals surface area contributed by atoms with Crippen molar-refractivity contribution in [3.05, 3.63) is 206 Å². The molecule has 1 aliphatic carbocycles. The van der Waals surface area contributed by atoms with Crippen molar-refractivity contribution in [2.45, 2.75) is 12.8 Å². The summed E-state index contributed by atoms with van der Waals surface area (Å²) in [6.07, 6.45) is 8.93. The molecule has 0 spiro atoms. The molecule has 0 aliphatic heterocycles. The lowest BCUT2D eigenvalue weighted by Gasteiger charge is -2.16. The Balaban J connectivity index is 1.11. The Labute approximate surface area is 341 Å². The van der Waals surface area contributed by atoms with Crippen molar-refractivity contribution in [2.75, 3.05) is 0 Å². The fourth-order valence-electron chi connectivity index (χ4n) is 9.35. The molecule has 0 radical (unpaired) electrons. The maximum Gasteiger partial charge on any atom is 0.145 e. The van der Waals surface area contributed by atoms with Crippen LogP contribution >= 0.6 is 0 Å². The van der Waals surface area contributed by atoms with Gasteiger partial charge in [0.2, 0.25) is 0 Å². The first kappa shape index (κ1) is 33.4. The molecule has 4 heteroatoms. The summed E-state index contributed by atoms with van der Waals surface area (Å²) in [4.78, 5) is 5.36. The molecule has 0 saturated carbocycles. The molecule has 0 bridgehead atoms. The Morgan fingerprint density at radius 1 is 0.356 bits per heavy atom. The van der Waals surface area contributed by atoms with Crippen LogP contribution in [-0.2, 0) is 0 Å². The fraction of sp³-hybridized carbons (Fsp3) is 0.0364. The number of aromatic nitrogens is 4. The number of fused-ring (bicyclic) bond motifs is 7. The molecule has 0 N–H and O–H groups in total. The number of allylic oxidation sites excluding steroid dienone is 4. The van der Waals surface area contributed by atoms with E-state index in [1.807, 2.05) is 0 Å². The number of hydrogen-bond acceptors (Lipinski definition) is 1. The van der Waals surface area contributed by atoms with Crippen LogP contribution in [-0.4, -0.2) is 18.7 Å². The Morgan fingerprint density at radius 3 is 1.41 bits per heavy atom. The van der Waals surface area contributed by atoms with E-state index in [0.29, 0.717) is 0 Å². The van der Waals surface area contributed by atoms with Gasteiger partial charge >= 0.3 is 0 Å². The standard InChI is InChI=1S/C55H38N4/c1-4-16-42(17-5-1)57-50-25-13-10-22-45(50)47-35-37(28-30-52(47)57)39-32-40(34-41(33-39)55-56-49-24-12-15-27-54(49)59(55)44-20-8-3-9-21-44)38-29-31-53-48(36-38)46-23-11-14-26-51(46)58(53)43-18-6-2-7-19-43/h1-2,4-8,10-36H,3,9H2. The van der Waals surface area contributed by atoms with Crippen LogP contribution in [0.4, 0.5) is 0 Å². The largest absolute Gasteiger partial charge is 0.309 e. The molecular weight excluding hydrogens is 717 g/mol. The molecule has 8 aromatic carbocycles. The van der Waals surface area contributed by atoms with E-state index in [2.05, 4.69) is 220 Å². The van der Waals surface area contributed by atoms with Crippen LogP contribution in [0, 0.1) is 0 Å². The van der Waals surface area contributed by atoms with E-state index in [9.17, 15) is 0 Å². The molecule has 59 heavy (non-hydrogen) atoms. The van der Waals surface area contributed by atoms with Crippen molar-refractivity contribution in [2.24, 2.45) is 0 Å². The highest BCUT2D eigenvalue weighted by molar-refractivity contribution is 6.12. The van der Waals surface area contributed by atoms with E-state index in [-0.39, 0.29) is 0 Å². The average molecular weight is 755 g/mol. The summed E-state index contributed by atoms with van der Waals surface area (Å²) in [5.41, 5.74) is 16.1. The number of benzene rings is 8. The van der Waals surface area contributed by atoms with Crippen molar-refractivity contribution in [1.29, 1.82) is 0 Å². The zero-order valence-corrected chi connectivity index (χ0v) is 32.3. The fourth-order valence-corrected chi connectivity index (χ4v) is 9.35. The second kappa shape index (κ2) is 13.5. The third-order valence-electron chi connectivity index (χ3n) is 12.0. The molecule has 0 unspecified atom stereocenters. The van der Waals surface area contributed by atoms with Gasteiger partial charge in [0.1, 0.15) is 5.82 Å². The van der Waals surface area contributed by atoms with E-state index in [1.54, 1.807) is 0 Å². The lowest BCUT2D eigenvalue weighted by atomic mass is 9.94. The van der Waals surface area contributed by atoms with Gasteiger partial charge in [-0.1, -0.05) is 109 Å². The number of nitrogens with zero attached hydrogens (tertiary/aromatic N) is 4. The van der Waals surface area contributed by atoms with Gasteiger partial charge in [0.15, 0.2) is 0 Å². The first-order chi connectivity index (χ1) is 29.3. The molecule has 4 nitrogen and oxygen atoms in total. The molecule has 0 amide bonds. The molecular formula is C55H38N4. The Hall–Kier alpha value is -7.69. The minimum atomic E-state index is 0.940. The van der Waals surface area contributed by atoms with Crippen LogP contribution in [0.1, 0.15) is 12.8 Å². The number of rotatable bonds is 6. The van der Waals surface area contributed by atoms with E-state index >= 15 is 0 Å². The summed E-state index contributed by atoms with van der Waals surface area (Å²) in [6, 6.07) is 68.3. The highest BCUT2D eigenvalue weighted by Crippen LogP contribution is 2.41. The van der Waals surface area contributed by atoms with Crippen LogP contribution in [0.3, 0.4) is 0 Å². The molecule has 12 rings (SSSR count). The molecule has 0 atom stereocenters. The summed E-state index contributed by atoms with van der Waals surface area (Å²) >= 11 is 0. The summed E-state index contributed by atoms with van der Waals surface area (Å²) in [7, 11) is 0. The monoisotopic (exact) mass is 754 g/mol. The SMILES string of the molecule is C1=CC(n2c(-c3cc(-c4ccc5c(c4)c4ccccc4n5-c4ccccc4)cc(-c4ccc5c(c4)c4ccccc4n5-c4ccccc4)c3)nc3ccccc32)=CCC1. The minimum Gasteiger partial charge on any atom is -0.309 e. The predicted molar refractivity (Wildman–Crippen MR) is 247 cm³/mol. The maximum absolute atomic E-state index is 5.36. The van der Waals surface area contributed by atoms with Crippen LogP contribution in [0.25, 0.3) is 105 Å². The molecule has 3 heterocycles. The van der Waals surface area contributed by atoms with E-state index in [0.717, 1.165) is 74.6 Å². The second-order valence-electron chi connectivity index (χ2n) is 15.5. The van der Waals surface area contributed by atoms with Gasteiger partial charge in [-0.25, -0.2) is 4.98 Å². The Morgan fingerprint density at radius 2 is 0.847 bits per heavy atom. The van der Waals surface area contributed by atoms with E-state index in [1.165, 1.54) is 43.6 Å². The van der Waals surface area contributed by atoms with E-state index < -0.39 is 0 Å². The van der Waals surface area contributed by atoms with Gasteiger partial charge in [0.05, 0.1) is 33.1 Å². The predicted octanol–water partition coefficient (Wildman–Crippen LogP) is 14.4. The number of para-hydroxylation sites is 6. The first-order valence-electron chi connectivity index (χ1n) is 20.4. The third-order valence-corrected chi connectivity index (χ3v) is 12.0. The average Bonchev–Trinajstić information content (AvgIpc) is 3.97. The number of imidazole rings is 1. The van der Waals surface area contributed by atoms with Crippen LogP contribution in [0.5, 0.6) is 0 Å². The van der Waals surface area contributed by atoms with Crippen molar-refractivity contribution < 1.29 is 0 Å². The summed E-state index contributed by atoms with van der Waals surface area (Å²) < 4.78 is 7.11. The molecule has 3 aromatic heterocycles. The normalized spacial score (nSPS) is 13.0. The molecule has 1 aliphatic rings. The molecule has 0 saturated heterocycles. The van der Waals surface area contributed by atoms with Crippen molar-refractivity contribution in [1.82, 2.24) is 18.7 Å². The Bertz CT molecular complexity index is 3310. The van der Waals surface area contributed by atoms with Gasteiger partial charge in [-0.15, -0.1) is 0 Å². The van der Waals surface area contributed by atoms with Crippen molar-refractivity contribution in [3.8, 4) is 45.0 Å². The van der Waals surface area contributed by atoms with Crippen LogP contribution in [0.15, 0.2) is 206 Å². The van der Waals surface area contributed by atoms with Gasteiger partial charge in [0, 0.05) is 44.2 Å².